The fourth-order valence-corrected chi connectivity index (χ4v) is 3.67. The zero-order valence-electron chi connectivity index (χ0n) is 11.6. The van der Waals surface area contributed by atoms with Gasteiger partial charge >= 0.3 is 5.97 Å². The van der Waals surface area contributed by atoms with Crippen LogP contribution in [0.15, 0.2) is 18.2 Å². The standard InChI is InChI=1S/C14H17FO5S/c1-21(18,19)11-4-2-3-10(8-11)20-13-6-5-9(14(16)17)7-12(13)15/h5-7,10-11H,2-4,8H2,1H3,(H,16,17). The Kier molecular flexibility index (Phi) is 4.51. The van der Waals surface area contributed by atoms with E-state index in [1.807, 2.05) is 0 Å². The van der Waals surface area contributed by atoms with Crippen LogP contribution >= 0.6 is 0 Å². The van der Waals surface area contributed by atoms with Crippen molar-refractivity contribution < 1.29 is 27.4 Å². The summed E-state index contributed by atoms with van der Waals surface area (Å²) in [5.41, 5.74) is -0.155. The van der Waals surface area contributed by atoms with E-state index < -0.39 is 26.9 Å². The van der Waals surface area contributed by atoms with Gasteiger partial charge in [0.1, 0.15) is 15.9 Å². The molecular formula is C14H17FO5S. The van der Waals surface area contributed by atoms with E-state index >= 15 is 0 Å². The molecule has 1 N–H and O–H groups in total. The maximum absolute atomic E-state index is 13.8. The van der Waals surface area contributed by atoms with Crippen LogP contribution in [-0.2, 0) is 9.84 Å². The molecule has 2 unspecified atom stereocenters. The SMILES string of the molecule is CS(=O)(=O)C1CCCC(Oc2ccc(C(=O)O)cc2F)C1. The number of sulfone groups is 1. The van der Waals surface area contributed by atoms with Crippen molar-refractivity contribution in [2.24, 2.45) is 0 Å². The van der Waals surface area contributed by atoms with Gasteiger partial charge in [-0.15, -0.1) is 0 Å². The molecule has 0 radical (unpaired) electrons. The second-order valence-corrected chi connectivity index (χ2v) is 7.63. The summed E-state index contributed by atoms with van der Waals surface area (Å²) < 4.78 is 42.5. The molecule has 1 aromatic carbocycles. The molecule has 7 heteroatoms. The Morgan fingerprint density at radius 3 is 2.67 bits per heavy atom. The van der Waals surface area contributed by atoms with Crippen LogP contribution < -0.4 is 4.74 Å². The Hall–Kier alpha value is -1.63. The molecule has 1 aliphatic rings. The molecule has 1 aliphatic carbocycles. The molecule has 0 heterocycles. The lowest BCUT2D eigenvalue weighted by molar-refractivity contribution is 0.0696. The lowest BCUT2D eigenvalue weighted by atomic mass is 9.97. The van der Waals surface area contributed by atoms with Crippen molar-refractivity contribution in [1.29, 1.82) is 0 Å². The van der Waals surface area contributed by atoms with E-state index in [0.29, 0.717) is 25.7 Å². The average Bonchev–Trinajstić information content (AvgIpc) is 2.40. The molecule has 2 rings (SSSR count). The third-order valence-electron chi connectivity index (χ3n) is 3.66. The van der Waals surface area contributed by atoms with Crippen molar-refractivity contribution in [3.05, 3.63) is 29.6 Å². The van der Waals surface area contributed by atoms with E-state index in [1.165, 1.54) is 18.4 Å². The fourth-order valence-electron chi connectivity index (χ4n) is 2.51. The number of benzene rings is 1. The number of rotatable bonds is 4. The molecule has 0 spiro atoms. The van der Waals surface area contributed by atoms with Crippen molar-refractivity contribution in [3.63, 3.8) is 0 Å². The smallest absolute Gasteiger partial charge is 0.335 e. The third-order valence-corrected chi connectivity index (χ3v) is 5.30. The summed E-state index contributed by atoms with van der Waals surface area (Å²) in [4.78, 5) is 10.7. The minimum Gasteiger partial charge on any atom is -0.487 e. The van der Waals surface area contributed by atoms with Gasteiger partial charge in [-0.1, -0.05) is 0 Å². The minimum atomic E-state index is -3.13. The van der Waals surface area contributed by atoms with Gasteiger partial charge < -0.3 is 9.84 Å². The Morgan fingerprint density at radius 2 is 2.10 bits per heavy atom. The summed E-state index contributed by atoms with van der Waals surface area (Å²) in [6.07, 6.45) is 3.12. The number of carboxylic acids is 1. The first-order chi connectivity index (χ1) is 9.77. The van der Waals surface area contributed by atoms with Crippen molar-refractivity contribution in [1.82, 2.24) is 0 Å². The molecule has 0 bridgehead atoms. The normalized spacial score (nSPS) is 22.8. The molecule has 1 fully saturated rings. The van der Waals surface area contributed by atoms with Gasteiger partial charge in [0.15, 0.2) is 11.6 Å². The summed E-state index contributed by atoms with van der Waals surface area (Å²) in [5, 5.41) is 8.31. The van der Waals surface area contributed by atoms with E-state index in [0.717, 1.165) is 6.07 Å². The predicted molar refractivity (Wildman–Crippen MR) is 74.9 cm³/mol. The van der Waals surface area contributed by atoms with Gasteiger partial charge in [0.2, 0.25) is 0 Å². The van der Waals surface area contributed by atoms with Crippen LogP contribution in [0.4, 0.5) is 4.39 Å². The molecule has 116 valence electrons. The zero-order chi connectivity index (χ0) is 15.6. The van der Waals surface area contributed by atoms with E-state index in [-0.39, 0.29) is 17.4 Å². The molecule has 5 nitrogen and oxygen atoms in total. The molecule has 21 heavy (non-hydrogen) atoms. The van der Waals surface area contributed by atoms with Crippen molar-refractivity contribution in [2.75, 3.05) is 6.26 Å². The quantitative estimate of drug-likeness (QED) is 0.921. The Bertz CT molecular complexity index is 641. The highest BCUT2D eigenvalue weighted by atomic mass is 32.2. The Balaban J connectivity index is 2.09. The monoisotopic (exact) mass is 316 g/mol. The fraction of sp³-hybridized carbons (Fsp3) is 0.500. The Morgan fingerprint density at radius 1 is 1.38 bits per heavy atom. The molecule has 1 aromatic rings. The summed E-state index contributed by atoms with van der Waals surface area (Å²) in [6.45, 7) is 0. The van der Waals surface area contributed by atoms with Crippen LogP contribution in [0.5, 0.6) is 5.75 Å². The molecule has 0 saturated heterocycles. The van der Waals surface area contributed by atoms with Crippen LogP contribution in [0, 0.1) is 5.82 Å². The van der Waals surface area contributed by atoms with Crippen molar-refractivity contribution in [2.45, 2.75) is 37.0 Å². The third kappa shape index (κ3) is 3.93. The topological polar surface area (TPSA) is 80.7 Å². The molecule has 1 saturated carbocycles. The lowest BCUT2D eigenvalue weighted by Crippen LogP contribution is -2.33. The van der Waals surface area contributed by atoms with E-state index in [1.54, 1.807) is 0 Å². The summed E-state index contributed by atoms with van der Waals surface area (Å²) in [5.74, 6) is -2.01. The number of carbonyl (C=O) groups is 1. The largest absolute Gasteiger partial charge is 0.487 e. The number of hydrogen-bond acceptors (Lipinski definition) is 4. The first-order valence-electron chi connectivity index (χ1n) is 6.65. The highest BCUT2D eigenvalue weighted by Gasteiger charge is 2.30. The maximum atomic E-state index is 13.8. The van der Waals surface area contributed by atoms with Crippen LogP contribution in [-0.4, -0.2) is 37.1 Å². The number of ether oxygens (including phenoxy) is 1. The molecule has 2 atom stereocenters. The predicted octanol–water partition coefficient (Wildman–Crippen LogP) is 2.26. The van der Waals surface area contributed by atoms with Gasteiger partial charge in [0.05, 0.1) is 10.8 Å². The van der Waals surface area contributed by atoms with Gasteiger partial charge in [-0.05, 0) is 37.5 Å². The van der Waals surface area contributed by atoms with Gasteiger partial charge in [0, 0.05) is 12.7 Å². The number of carboxylic acid groups (broad SMARTS) is 1. The van der Waals surface area contributed by atoms with Gasteiger partial charge in [0.25, 0.3) is 0 Å². The highest BCUT2D eigenvalue weighted by molar-refractivity contribution is 7.91. The maximum Gasteiger partial charge on any atom is 0.335 e. The Labute approximate surface area is 122 Å². The summed E-state index contributed by atoms with van der Waals surface area (Å²) >= 11 is 0. The van der Waals surface area contributed by atoms with E-state index in [2.05, 4.69) is 0 Å². The molecule has 0 amide bonds. The van der Waals surface area contributed by atoms with Gasteiger partial charge in [-0.25, -0.2) is 17.6 Å². The first kappa shape index (κ1) is 15.8. The lowest BCUT2D eigenvalue weighted by Gasteiger charge is -2.28. The summed E-state index contributed by atoms with van der Waals surface area (Å²) in [7, 11) is -3.13. The number of hydrogen-bond donors (Lipinski definition) is 1. The molecular weight excluding hydrogens is 299 g/mol. The molecule has 0 aliphatic heterocycles. The van der Waals surface area contributed by atoms with Gasteiger partial charge in [-0.2, -0.15) is 0 Å². The second-order valence-electron chi connectivity index (χ2n) is 5.31. The van der Waals surface area contributed by atoms with E-state index in [9.17, 15) is 17.6 Å². The van der Waals surface area contributed by atoms with Crippen LogP contribution in [0.1, 0.15) is 36.0 Å². The number of aromatic carboxylic acids is 1. The van der Waals surface area contributed by atoms with Crippen molar-refractivity contribution in [3.8, 4) is 5.75 Å². The van der Waals surface area contributed by atoms with Crippen LogP contribution in [0.25, 0.3) is 0 Å². The average molecular weight is 316 g/mol. The molecule has 0 aromatic heterocycles. The van der Waals surface area contributed by atoms with Crippen LogP contribution in [0.2, 0.25) is 0 Å². The second kappa shape index (κ2) is 6.01. The van der Waals surface area contributed by atoms with Gasteiger partial charge in [-0.3, -0.25) is 0 Å². The first-order valence-corrected chi connectivity index (χ1v) is 8.61. The zero-order valence-corrected chi connectivity index (χ0v) is 12.4. The summed E-state index contributed by atoms with van der Waals surface area (Å²) in [6, 6.07) is 3.43. The van der Waals surface area contributed by atoms with E-state index in [4.69, 9.17) is 9.84 Å². The van der Waals surface area contributed by atoms with Crippen LogP contribution in [0.3, 0.4) is 0 Å². The minimum absolute atomic E-state index is 0.0425. The number of halogens is 1. The highest BCUT2D eigenvalue weighted by Crippen LogP contribution is 2.29. The van der Waals surface area contributed by atoms with Crippen molar-refractivity contribution >= 4 is 15.8 Å².